The van der Waals surface area contributed by atoms with Gasteiger partial charge in [0.15, 0.2) is 11.2 Å². The molecule has 9 heteroatoms. The predicted octanol–water partition coefficient (Wildman–Crippen LogP) is 4.02. The van der Waals surface area contributed by atoms with Gasteiger partial charge in [0.2, 0.25) is 5.95 Å². The number of hydrogen-bond donors (Lipinski definition) is 2. The zero-order chi connectivity index (χ0) is 23.8. The van der Waals surface area contributed by atoms with Crippen LogP contribution in [0.3, 0.4) is 0 Å². The van der Waals surface area contributed by atoms with Gasteiger partial charge in [-0.25, -0.2) is 10.2 Å². The third-order valence-electron chi connectivity index (χ3n) is 5.82. The number of aryl methyl sites for hydroxylation is 2. The molecule has 2 N–H and O–H groups in total. The van der Waals surface area contributed by atoms with Gasteiger partial charge in [0.1, 0.15) is 5.75 Å². The van der Waals surface area contributed by atoms with Crippen LogP contribution in [-0.4, -0.2) is 31.9 Å². The molecule has 2 aromatic heterocycles. The first-order valence-electron chi connectivity index (χ1n) is 11.6. The van der Waals surface area contributed by atoms with Gasteiger partial charge in [0.25, 0.3) is 5.56 Å². The Morgan fingerprint density at radius 2 is 1.76 bits per heavy atom. The number of hydrazone groups is 1. The van der Waals surface area contributed by atoms with Crippen LogP contribution in [0.5, 0.6) is 5.75 Å². The molecule has 0 radical (unpaired) electrons. The van der Waals surface area contributed by atoms with Gasteiger partial charge in [-0.2, -0.15) is 10.1 Å². The maximum atomic E-state index is 12.6. The van der Waals surface area contributed by atoms with Crippen molar-refractivity contribution >= 4 is 22.8 Å². The molecular formula is C24H34N6O3. The monoisotopic (exact) mass is 454 g/mol. The standard InChI is InChI=1S/C24H34N6O3/c1-5-6-7-8-9-10-11-16-30-20-21(29(3)24(32)26-22(20)31)25-23(30)28-27-17(2)18-12-14-19(33-4)15-13-18/h12-15H,5-11,16H2,1-4H3,(H,25,28)(H,26,31,32)/b27-17+. The molecule has 2 heterocycles. The molecular weight excluding hydrogens is 420 g/mol. The molecule has 0 saturated carbocycles. The van der Waals surface area contributed by atoms with E-state index < -0.39 is 11.2 Å². The number of hydrogen-bond acceptors (Lipinski definition) is 6. The molecule has 33 heavy (non-hydrogen) atoms. The number of rotatable bonds is 12. The number of imidazole rings is 1. The molecule has 0 aliphatic heterocycles. The summed E-state index contributed by atoms with van der Waals surface area (Å²) in [5.41, 5.74) is 4.50. The summed E-state index contributed by atoms with van der Waals surface area (Å²) in [6, 6.07) is 7.60. The fourth-order valence-corrected chi connectivity index (χ4v) is 3.80. The third-order valence-corrected chi connectivity index (χ3v) is 5.82. The van der Waals surface area contributed by atoms with Crippen molar-refractivity contribution in [3.8, 4) is 5.75 Å². The predicted molar refractivity (Wildman–Crippen MR) is 132 cm³/mol. The minimum Gasteiger partial charge on any atom is -0.497 e. The van der Waals surface area contributed by atoms with Crippen LogP contribution in [0.25, 0.3) is 11.2 Å². The van der Waals surface area contributed by atoms with Gasteiger partial charge in [-0.15, -0.1) is 0 Å². The van der Waals surface area contributed by atoms with Crippen LogP contribution in [0.2, 0.25) is 0 Å². The fraction of sp³-hybridized carbons (Fsp3) is 0.500. The van der Waals surface area contributed by atoms with Crippen molar-refractivity contribution in [1.82, 2.24) is 19.1 Å². The van der Waals surface area contributed by atoms with Crippen molar-refractivity contribution in [2.24, 2.45) is 12.1 Å². The lowest BCUT2D eigenvalue weighted by molar-refractivity contribution is 0.415. The Kier molecular flexibility index (Phi) is 8.46. The van der Waals surface area contributed by atoms with E-state index in [2.05, 4.69) is 27.4 Å². The molecule has 1 aromatic carbocycles. The smallest absolute Gasteiger partial charge is 0.329 e. The van der Waals surface area contributed by atoms with Crippen LogP contribution < -0.4 is 21.4 Å². The summed E-state index contributed by atoms with van der Waals surface area (Å²) in [4.78, 5) is 31.6. The van der Waals surface area contributed by atoms with Gasteiger partial charge in [-0.1, -0.05) is 45.4 Å². The highest BCUT2D eigenvalue weighted by molar-refractivity contribution is 5.99. The fourth-order valence-electron chi connectivity index (χ4n) is 3.80. The summed E-state index contributed by atoms with van der Waals surface area (Å²) >= 11 is 0. The second-order valence-electron chi connectivity index (χ2n) is 8.24. The lowest BCUT2D eigenvalue weighted by atomic mass is 10.1. The maximum Gasteiger partial charge on any atom is 0.329 e. The van der Waals surface area contributed by atoms with Crippen molar-refractivity contribution in [3.63, 3.8) is 0 Å². The number of aromatic nitrogens is 4. The summed E-state index contributed by atoms with van der Waals surface area (Å²) in [5.74, 6) is 1.21. The number of aromatic amines is 1. The normalized spacial score (nSPS) is 11.8. The molecule has 0 spiro atoms. The largest absolute Gasteiger partial charge is 0.497 e. The van der Waals surface area contributed by atoms with Gasteiger partial charge >= 0.3 is 5.69 Å². The Hall–Kier alpha value is -3.36. The van der Waals surface area contributed by atoms with Gasteiger partial charge in [0.05, 0.1) is 12.8 Å². The van der Waals surface area contributed by atoms with Gasteiger partial charge < -0.3 is 9.30 Å². The molecule has 3 rings (SSSR count). The molecule has 9 nitrogen and oxygen atoms in total. The highest BCUT2D eigenvalue weighted by Gasteiger charge is 2.17. The molecule has 0 amide bonds. The number of unbranched alkanes of at least 4 members (excludes halogenated alkanes) is 6. The van der Waals surface area contributed by atoms with E-state index in [0.29, 0.717) is 23.7 Å². The Morgan fingerprint density at radius 3 is 2.42 bits per heavy atom. The number of methoxy groups -OCH3 is 1. The molecule has 3 aromatic rings. The SMILES string of the molecule is CCCCCCCCCn1c(N/N=C(\C)c2ccc(OC)cc2)nc2c1c(=O)[nH]c(=O)n2C. The summed E-state index contributed by atoms with van der Waals surface area (Å²) in [7, 11) is 3.23. The van der Waals surface area contributed by atoms with Crippen LogP contribution in [0, 0.1) is 0 Å². The summed E-state index contributed by atoms with van der Waals surface area (Å²) in [5, 5.41) is 4.48. The van der Waals surface area contributed by atoms with Gasteiger partial charge in [-0.05, 0) is 43.2 Å². The van der Waals surface area contributed by atoms with E-state index in [1.165, 1.54) is 36.7 Å². The second kappa shape index (κ2) is 11.5. The molecule has 0 atom stereocenters. The van der Waals surface area contributed by atoms with Crippen LogP contribution in [0.4, 0.5) is 5.95 Å². The average molecular weight is 455 g/mol. The van der Waals surface area contributed by atoms with E-state index in [1.54, 1.807) is 14.2 Å². The zero-order valence-corrected chi connectivity index (χ0v) is 20.0. The van der Waals surface area contributed by atoms with E-state index >= 15 is 0 Å². The number of benzene rings is 1. The number of nitrogens with one attached hydrogen (secondary N) is 2. The number of anilines is 1. The third kappa shape index (κ3) is 5.91. The van der Waals surface area contributed by atoms with Crippen molar-refractivity contribution < 1.29 is 4.74 Å². The second-order valence-corrected chi connectivity index (χ2v) is 8.24. The van der Waals surface area contributed by atoms with Crippen LogP contribution in [0.1, 0.15) is 64.4 Å². The molecule has 0 fully saturated rings. The Labute approximate surface area is 193 Å². The Morgan fingerprint density at radius 1 is 1.09 bits per heavy atom. The summed E-state index contributed by atoms with van der Waals surface area (Å²) < 4.78 is 8.38. The van der Waals surface area contributed by atoms with E-state index in [-0.39, 0.29) is 0 Å². The van der Waals surface area contributed by atoms with Gasteiger partial charge in [-0.3, -0.25) is 14.3 Å². The lowest BCUT2D eigenvalue weighted by Crippen LogP contribution is -2.29. The molecule has 0 saturated heterocycles. The molecule has 0 bridgehead atoms. The van der Waals surface area contributed by atoms with E-state index in [0.717, 1.165) is 29.9 Å². The van der Waals surface area contributed by atoms with Gasteiger partial charge in [0, 0.05) is 13.6 Å². The van der Waals surface area contributed by atoms with E-state index in [4.69, 9.17) is 4.74 Å². The average Bonchev–Trinajstić information content (AvgIpc) is 3.19. The molecule has 0 unspecified atom stereocenters. The van der Waals surface area contributed by atoms with Crippen LogP contribution in [0.15, 0.2) is 39.0 Å². The topological polar surface area (TPSA) is 106 Å². The summed E-state index contributed by atoms with van der Waals surface area (Å²) in [6.45, 7) is 4.72. The first-order valence-corrected chi connectivity index (χ1v) is 11.6. The number of nitrogens with zero attached hydrogens (tertiary/aromatic N) is 4. The van der Waals surface area contributed by atoms with E-state index in [1.807, 2.05) is 35.8 Å². The minimum atomic E-state index is -0.488. The highest BCUT2D eigenvalue weighted by atomic mass is 16.5. The lowest BCUT2D eigenvalue weighted by Gasteiger charge is -2.09. The van der Waals surface area contributed by atoms with Crippen molar-refractivity contribution in [3.05, 3.63) is 50.7 Å². The van der Waals surface area contributed by atoms with Crippen LogP contribution >= 0.6 is 0 Å². The number of fused-ring (bicyclic) bond motifs is 1. The van der Waals surface area contributed by atoms with Crippen molar-refractivity contribution in [2.45, 2.75) is 65.3 Å². The number of ether oxygens (including phenoxy) is 1. The molecule has 178 valence electrons. The Bertz CT molecular complexity index is 1200. The number of H-pyrrole nitrogens is 1. The molecule has 0 aliphatic carbocycles. The van der Waals surface area contributed by atoms with Crippen LogP contribution in [-0.2, 0) is 13.6 Å². The summed E-state index contributed by atoms with van der Waals surface area (Å²) in [6.07, 6.45) is 8.14. The first kappa shape index (κ1) is 24.3. The Balaban J connectivity index is 1.84. The quantitative estimate of drug-likeness (QED) is 0.244. The highest BCUT2D eigenvalue weighted by Crippen LogP contribution is 2.18. The first-order chi connectivity index (χ1) is 16.0. The zero-order valence-electron chi connectivity index (χ0n) is 20.0. The molecule has 0 aliphatic rings. The minimum absolute atomic E-state index is 0.339. The maximum absolute atomic E-state index is 12.6. The van der Waals surface area contributed by atoms with Crippen molar-refractivity contribution in [2.75, 3.05) is 12.5 Å². The van der Waals surface area contributed by atoms with E-state index in [9.17, 15) is 9.59 Å². The van der Waals surface area contributed by atoms with Crippen molar-refractivity contribution in [1.29, 1.82) is 0 Å².